The summed E-state index contributed by atoms with van der Waals surface area (Å²) in [4.78, 5) is 29.1. The lowest BCUT2D eigenvalue weighted by Gasteiger charge is -2.18. The monoisotopic (exact) mass is 417 g/mol. The smallest absolute Gasteiger partial charge is 0.311 e. The van der Waals surface area contributed by atoms with Crippen LogP contribution in [0.15, 0.2) is 77.6 Å². The maximum Gasteiger partial charge on any atom is 0.311 e. The lowest BCUT2D eigenvalue weighted by Crippen LogP contribution is -2.16. The van der Waals surface area contributed by atoms with Crippen LogP contribution in [0.1, 0.15) is 12.6 Å². The predicted molar refractivity (Wildman–Crippen MR) is 117 cm³/mol. The molecule has 31 heavy (non-hydrogen) atoms. The maximum absolute atomic E-state index is 14.6. The van der Waals surface area contributed by atoms with Crippen molar-refractivity contribution in [2.45, 2.75) is 13.3 Å². The number of anilines is 2. The SMILES string of the molecule is CCOC(=O)Cc1nc2c(cc1F)c(=O)cc(Nc1ccccc1)n2-c1ccccc1. The Hall–Kier alpha value is -4.00. The van der Waals surface area contributed by atoms with Gasteiger partial charge in [0.25, 0.3) is 0 Å². The average Bonchev–Trinajstić information content (AvgIpc) is 2.77. The number of benzene rings is 2. The van der Waals surface area contributed by atoms with E-state index in [-0.39, 0.29) is 35.2 Å². The summed E-state index contributed by atoms with van der Waals surface area (Å²) in [5.41, 5.74) is 1.30. The zero-order valence-electron chi connectivity index (χ0n) is 16.8. The number of hydrogen-bond donors (Lipinski definition) is 1. The van der Waals surface area contributed by atoms with Crippen molar-refractivity contribution in [1.29, 1.82) is 0 Å². The molecular formula is C24H20FN3O3. The molecule has 0 fully saturated rings. The number of hydrogen-bond acceptors (Lipinski definition) is 5. The van der Waals surface area contributed by atoms with Gasteiger partial charge in [0, 0.05) is 17.4 Å². The van der Waals surface area contributed by atoms with E-state index in [1.807, 2.05) is 60.7 Å². The number of carbonyl (C=O) groups is 1. The Morgan fingerprint density at radius 2 is 1.74 bits per heavy atom. The van der Waals surface area contributed by atoms with Crippen molar-refractivity contribution >= 4 is 28.5 Å². The van der Waals surface area contributed by atoms with Gasteiger partial charge in [-0.25, -0.2) is 9.37 Å². The van der Waals surface area contributed by atoms with E-state index in [4.69, 9.17) is 4.74 Å². The first-order valence-electron chi connectivity index (χ1n) is 9.85. The Kier molecular flexibility index (Phi) is 5.75. The highest BCUT2D eigenvalue weighted by atomic mass is 19.1. The molecule has 0 amide bonds. The molecule has 2 aromatic carbocycles. The number of aromatic nitrogens is 2. The second-order valence-corrected chi connectivity index (χ2v) is 6.83. The summed E-state index contributed by atoms with van der Waals surface area (Å²) in [6.07, 6.45) is -0.324. The number of esters is 1. The highest BCUT2D eigenvalue weighted by molar-refractivity contribution is 5.82. The van der Waals surface area contributed by atoms with Gasteiger partial charge in [-0.15, -0.1) is 0 Å². The molecule has 0 spiro atoms. The number of nitrogens with zero attached hydrogens (tertiary/aromatic N) is 2. The number of pyridine rings is 2. The highest BCUT2D eigenvalue weighted by Gasteiger charge is 2.18. The predicted octanol–water partition coefficient (Wildman–Crippen LogP) is 4.37. The van der Waals surface area contributed by atoms with E-state index in [2.05, 4.69) is 10.3 Å². The van der Waals surface area contributed by atoms with Crippen LogP contribution in [0.4, 0.5) is 15.9 Å². The lowest BCUT2D eigenvalue weighted by atomic mass is 10.2. The third-order valence-corrected chi connectivity index (χ3v) is 4.69. The van der Waals surface area contributed by atoms with Crippen molar-refractivity contribution in [3.05, 3.63) is 94.5 Å². The summed E-state index contributed by atoms with van der Waals surface area (Å²) < 4.78 is 21.3. The number of fused-ring (bicyclic) bond motifs is 1. The van der Waals surface area contributed by atoms with Crippen molar-refractivity contribution in [2.24, 2.45) is 0 Å². The van der Waals surface area contributed by atoms with Crippen molar-refractivity contribution < 1.29 is 13.9 Å². The van der Waals surface area contributed by atoms with Gasteiger partial charge in [0.1, 0.15) is 11.6 Å². The fraction of sp³-hybridized carbons (Fsp3) is 0.125. The summed E-state index contributed by atoms with van der Waals surface area (Å²) in [5, 5.41) is 3.35. The molecule has 2 aromatic heterocycles. The number of rotatable bonds is 6. The van der Waals surface area contributed by atoms with Crippen LogP contribution in [0, 0.1) is 5.82 Å². The molecule has 0 aliphatic heterocycles. The molecule has 1 N–H and O–H groups in total. The van der Waals surface area contributed by atoms with Crippen LogP contribution in [0.5, 0.6) is 0 Å². The van der Waals surface area contributed by atoms with Gasteiger partial charge in [0.2, 0.25) is 0 Å². The molecule has 4 aromatic rings. The zero-order chi connectivity index (χ0) is 21.8. The van der Waals surface area contributed by atoms with E-state index in [0.717, 1.165) is 17.4 Å². The summed E-state index contributed by atoms with van der Waals surface area (Å²) in [6.45, 7) is 1.87. The van der Waals surface area contributed by atoms with E-state index in [1.54, 1.807) is 11.5 Å². The maximum atomic E-state index is 14.6. The first-order valence-corrected chi connectivity index (χ1v) is 9.85. The standard InChI is InChI=1S/C24H20FN3O3/c1-2-31-23(30)14-20-19(25)13-18-21(29)15-22(26-16-9-5-3-6-10-16)28(24(18)27-20)17-11-7-4-8-12-17/h3-13,15,26H,2,14H2,1H3. The molecule has 0 aliphatic rings. The van der Waals surface area contributed by atoms with Gasteiger partial charge < -0.3 is 10.1 Å². The lowest BCUT2D eigenvalue weighted by molar-refractivity contribution is -0.142. The van der Waals surface area contributed by atoms with E-state index < -0.39 is 11.8 Å². The van der Waals surface area contributed by atoms with Gasteiger partial charge in [-0.2, -0.15) is 0 Å². The molecule has 0 aliphatic carbocycles. The van der Waals surface area contributed by atoms with Crippen molar-refractivity contribution in [3.8, 4) is 5.69 Å². The minimum Gasteiger partial charge on any atom is -0.466 e. The largest absolute Gasteiger partial charge is 0.466 e. The van der Waals surface area contributed by atoms with Gasteiger partial charge in [-0.1, -0.05) is 36.4 Å². The van der Waals surface area contributed by atoms with E-state index >= 15 is 0 Å². The van der Waals surface area contributed by atoms with Crippen molar-refractivity contribution in [1.82, 2.24) is 9.55 Å². The van der Waals surface area contributed by atoms with Gasteiger partial charge in [-0.05, 0) is 37.3 Å². The Morgan fingerprint density at radius 1 is 1.06 bits per heavy atom. The molecule has 156 valence electrons. The first kappa shape index (κ1) is 20.3. The van der Waals surface area contributed by atoms with Crippen molar-refractivity contribution in [2.75, 3.05) is 11.9 Å². The summed E-state index contributed by atoms with van der Waals surface area (Å²) >= 11 is 0. The van der Waals surface area contributed by atoms with Crippen LogP contribution in [0.25, 0.3) is 16.7 Å². The van der Waals surface area contributed by atoms with Gasteiger partial charge in [0.15, 0.2) is 11.1 Å². The molecule has 0 bridgehead atoms. The number of carbonyl (C=O) groups excluding carboxylic acids is 1. The quantitative estimate of drug-likeness (QED) is 0.472. The molecule has 0 atom stereocenters. The minimum absolute atomic E-state index is 0.0770. The highest BCUT2D eigenvalue weighted by Crippen LogP contribution is 2.25. The summed E-state index contributed by atoms with van der Waals surface area (Å²) in [5.74, 6) is -0.836. The van der Waals surface area contributed by atoms with Crippen LogP contribution in [-0.2, 0) is 16.0 Å². The number of ether oxygens (including phenoxy) is 1. The van der Waals surface area contributed by atoms with Gasteiger partial charge in [0.05, 0.1) is 24.1 Å². The molecular weight excluding hydrogens is 397 g/mol. The Morgan fingerprint density at radius 3 is 2.42 bits per heavy atom. The Labute approximate surface area is 177 Å². The Balaban J connectivity index is 1.96. The molecule has 0 saturated carbocycles. The summed E-state index contributed by atoms with van der Waals surface area (Å²) in [7, 11) is 0. The fourth-order valence-electron chi connectivity index (χ4n) is 3.32. The third kappa shape index (κ3) is 4.30. The van der Waals surface area contributed by atoms with Crippen molar-refractivity contribution in [3.63, 3.8) is 0 Å². The second kappa shape index (κ2) is 8.79. The topological polar surface area (TPSA) is 73.2 Å². The minimum atomic E-state index is -0.721. The second-order valence-electron chi connectivity index (χ2n) is 6.83. The molecule has 0 radical (unpaired) electrons. The molecule has 2 heterocycles. The Bertz CT molecular complexity index is 1290. The number of nitrogens with one attached hydrogen (secondary N) is 1. The first-order chi connectivity index (χ1) is 15.1. The summed E-state index contributed by atoms with van der Waals surface area (Å²) in [6, 6.07) is 21.2. The van der Waals surface area contributed by atoms with Gasteiger partial charge in [-0.3, -0.25) is 14.2 Å². The van der Waals surface area contributed by atoms with Crippen LogP contribution in [-0.4, -0.2) is 22.1 Å². The fourth-order valence-corrected chi connectivity index (χ4v) is 3.32. The van der Waals surface area contributed by atoms with Crippen LogP contribution in [0.2, 0.25) is 0 Å². The number of halogens is 1. The molecule has 0 unspecified atom stereocenters. The molecule has 7 heteroatoms. The number of para-hydroxylation sites is 2. The van der Waals surface area contributed by atoms with Gasteiger partial charge >= 0.3 is 5.97 Å². The van der Waals surface area contributed by atoms with Crippen LogP contribution in [0.3, 0.4) is 0 Å². The molecule has 4 rings (SSSR count). The van der Waals surface area contributed by atoms with E-state index in [1.165, 1.54) is 6.07 Å². The normalized spacial score (nSPS) is 10.8. The zero-order valence-corrected chi connectivity index (χ0v) is 16.8. The average molecular weight is 417 g/mol. The molecule has 0 saturated heterocycles. The van der Waals surface area contributed by atoms with Crippen LogP contribution >= 0.6 is 0 Å². The van der Waals surface area contributed by atoms with E-state index in [0.29, 0.717) is 5.82 Å². The third-order valence-electron chi connectivity index (χ3n) is 4.69. The van der Waals surface area contributed by atoms with E-state index in [9.17, 15) is 14.0 Å². The molecule has 6 nitrogen and oxygen atoms in total. The van der Waals surface area contributed by atoms with Crippen LogP contribution < -0.4 is 10.7 Å².